The summed E-state index contributed by atoms with van der Waals surface area (Å²) in [5.41, 5.74) is 2.03. The second kappa shape index (κ2) is 14.9. The number of hydrogen-bond donors (Lipinski definition) is 3. The van der Waals surface area contributed by atoms with Crippen LogP contribution in [0.1, 0.15) is 62.2 Å². The summed E-state index contributed by atoms with van der Waals surface area (Å²) >= 11 is 0. The highest BCUT2D eigenvalue weighted by molar-refractivity contribution is 7.48. The number of amides is 2. The lowest BCUT2D eigenvalue weighted by molar-refractivity contribution is 0.0188. The lowest BCUT2D eigenvalue weighted by Gasteiger charge is -2.28. The van der Waals surface area contributed by atoms with Crippen molar-refractivity contribution in [1.82, 2.24) is 25.3 Å². The number of imidazole rings is 1. The number of hydrogen-bond acceptors (Lipinski definition) is 9. The summed E-state index contributed by atoms with van der Waals surface area (Å²) in [5, 5.41) is 5.29. The quantitative estimate of drug-likeness (QED) is 0.105. The molecule has 1 saturated heterocycles. The summed E-state index contributed by atoms with van der Waals surface area (Å²) in [6, 6.07) is 19.7. The van der Waals surface area contributed by atoms with Crippen LogP contribution >= 0.6 is 7.82 Å². The molecule has 3 N–H and O–H groups in total. The number of carbonyl (C=O) groups is 1. The number of nitrogens with zero attached hydrogens (tertiary/aromatic N) is 3. The van der Waals surface area contributed by atoms with Gasteiger partial charge in [0.15, 0.2) is 5.82 Å². The van der Waals surface area contributed by atoms with Crippen LogP contribution in [0.25, 0.3) is 22.2 Å². The molecule has 2 aromatic heterocycles. The molecule has 0 radical (unpaired) electrons. The highest BCUT2D eigenvalue weighted by atomic mass is 31.2. The van der Waals surface area contributed by atoms with Crippen molar-refractivity contribution in [2.75, 3.05) is 18.5 Å². The van der Waals surface area contributed by atoms with Crippen molar-refractivity contribution in [2.24, 2.45) is 0 Å². The Kier molecular flexibility index (Phi) is 10.5. The van der Waals surface area contributed by atoms with Crippen LogP contribution in [0.3, 0.4) is 0 Å². The molecule has 1 aliphatic heterocycles. The number of phosphoric acid groups is 1. The third kappa shape index (κ3) is 8.21. The highest BCUT2D eigenvalue weighted by Crippen LogP contribution is 2.55. The third-order valence-electron chi connectivity index (χ3n) is 7.88. The zero-order valence-electron chi connectivity index (χ0n) is 27.4. The second-order valence-corrected chi connectivity index (χ2v) is 13.6. The van der Waals surface area contributed by atoms with E-state index in [0.29, 0.717) is 41.7 Å². The van der Waals surface area contributed by atoms with Gasteiger partial charge in [0.1, 0.15) is 11.4 Å². The van der Waals surface area contributed by atoms with Gasteiger partial charge in [0, 0.05) is 42.2 Å². The number of urea groups is 1. The number of benzene rings is 3. The standard InChI is InChI=1S/C35H38FN6O6P/c1-4-37-34(43)42-33-40-27-18-26(30(36)29(31(27)41-33)28-16-11-17-45-28)25-19-38-32(39-20-25)35(2,3)48-49(44,46-21-23-12-7-5-8-13-23)47-22-24-14-9-6-10-15-24/h5-10,12-15,18-20,28H,4,11,16-17,21-22H2,1-3H3,(H3,37,40,41,42,43). The molecule has 1 atom stereocenters. The number of carbonyl (C=O) groups excluding carboxylic acids is 1. The van der Waals surface area contributed by atoms with Crippen LogP contribution in [-0.4, -0.2) is 39.1 Å². The van der Waals surface area contributed by atoms with Gasteiger partial charge in [-0.2, -0.15) is 0 Å². The zero-order valence-corrected chi connectivity index (χ0v) is 28.3. The number of rotatable bonds is 13. The molecule has 3 aromatic carbocycles. The average Bonchev–Trinajstić information content (AvgIpc) is 3.77. The molecule has 5 aromatic rings. The van der Waals surface area contributed by atoms with Gasteiger partial charge in [-0.25, -0.2) is 28.7 Å². The molecule has 2 amide bonds. The van der Waals surface area contributed by atoms with Gasteiger partial charge in [-0.15, -0.1) is 0 Å². The molecule has 0 aliphatic carbocycles. The van der Waals surface area contributed by atoms with Crippen molar-refractivity contribution in [3.05, 3.63) is 107 Å². The van der Waals surface area contributed by atoms with E-state index in [2.05, 4.69) is 30.6 Å². The fraction of sp³-hybridized carbons (Fsp3) is 0.314. The average molecular weight is 689 g/mol. The minimum Gasteiger partial charge on any atom is -0.373 e. The molecular weight excluding hydrogens is 650 g/mol. The second-order valence-electron chi connectivity index (χ2n) is 12.0. The summed E-state index contributed by atoms with van der Waals surface area (Å²) in [7, 11) is -4.17. The fourth-order valence-electron chi connectivity index (χ4n) is 5.48. The van der Waals surface area contributed by atoms with E-state index < -0.39 is 31.4 Å². The number of halogens is 1. The summed E-state index contributed by atoms with van der Waals surface area (Å²) in [6.45, 7) is 6.03. The Morgan fingerprint density at radius 3 is 2.24 bits per heavy atom. The van der Waals surface area contributed by atoms with Gasteiger partial charge >= 0.3 is 13.9 Å². The predicted molar refractivity (Wildman–Crippen MR) is 182 cm³/mol. The first-order chi connectivity index (χ1) is 23.6. The maximum atomic E-state index is 16.4. The van der Waals surface area contributed by atoms with Gasteiger partial charge in [0.25, 0.3) is 0 Å². The number of nitrogens with one attached hydrogen (secondary N) is 3. The molecule has 14 heteroatoms. The fourth-order valence-corrected chi connectivity index (χ4v) is 6.92. The molecule has 256 valence electrons. The van der Waals surface area contributed by atoms with Crippen LogP contribution in [-0.2, 0) is 41.7 Å². The number of H-pyrrole nitrogens is 1. The van der Waals surface area contributed by atoms with E-state index in [0.717, 1.165) is 17.5 Å². The Morgan fingerprint density at radius 1 is 1.04 bits per heavy atom. The molecule has 49 heavy (non-hydrogen) atoms. The minimum absolute atomic E-state index is 0.00865. The lowest BCUT2D eigenvalue weighted by atomic mass is 9.98. The molecule has 1 fully saturated rings. The van der Waals surface area contributed by atoms with E-state index in [9.17, 15) is 9.36 Å². The Hall–Kier alpha value is -4.52. The van der Waals surface area contributed by atoms with Crippen LogP contribution in [0.5, 0.6) is 0 Å². The number of aromatic amines is 1. The van der Waals surface area contributed by atoms with E-state index in [4.69, 9.17) is 18.3 Å². The first-order valence-electron chi connectivity index (χ1n) is 16.0. The van der Waals surface area contributed by atoms with Crippen LogP contribution in [0.4, 0.5) is 15.1 Å². The van der Waals surface area contributed by atoms with Gasteiger partial charge in [0.05, 0.1) is 30.4 Å². The maximum absolute atomic E-state index is 16.4. The molecule has 0 bridgehead atoms. The van der Waals surface area contributed by atoms with E-state index in [-0.39, 0.29) is 30.5 Å². The normalized spacial score (nSPS) is 15.1. The molecule has 3 heterocycles. The zero-order chi connectivity index (χ0) is 34.4. The number of fused-ring (bicyclic) bond motifs is 1. The Labute approximate surface area is 283 Å². The van der Waals surface area contributed by atoms with E-state index >= 15 is 4.39 Å². The van der Waals surface area contributed by atoms with Crippen LogP contribution < -0.4 is 10.6 Å². The molecule has 6 rings (SSSR count). The van der Waals surface area contributed by atoms with E-state index in [1.807, 2.05) is 60.7 Å². The van der Waals surface area contributed by atoms with Crippen molar-refractivity contribution in [2.45, 2.75) is 58.5 Å². The van der Waals surface area contributed by atoms with Crippen molar-refractivity contribution in [1.29, 1.82) is 0 Å². The Bertz CT molecular complexity index is 1890. The Morgan fingerprint density at radius 2 is 1.67 bits per heavy atom. The van der Waals surface area contributed by atoms with E-state index in [1.165, 1.54) is 12.4 Å². The molecular formula is C35H38FN6O6P. The number of ether oxygens (including phenoxy) is 1. The molecule has 1 aliphatic rings. The summed E-state index contributed by atoms with van der Waals surface area (Å²) in [4.78, 5) is 28.7. The van der Waals surface area contributed by atoms with Crippen molar-refractivity contribution >= 4 is 30.8 Å². The molecule has 0 saturated carbocycles. The van der Waals surface area contributed by atoms with Crippen LogP contribution in [0.15, 0.2) is 79.1 Å². The smallest absolute Gasteiger partial charge is 0.373 e. The monoisotopic (exact) mass is 688 g/mol. The molecule has 0 spiro atoms. The van der Waals surface area contributed by atoms with Gasteiger partial charge in [0.2, 0.25) is 5.95 Å². The van der Waals surface area contributed by atoms with Gasteiger partial charge in [-0.1, -0.05) is 60.7 Å². The highest BCUT2D eigenvalue weighted by Gasteiger charge is 2.39. The van der Waals surface area contributed by atoms with Crippen LogP contribution in [0, 0.1) is 5.82 Å². The third-order valence-corrected chi connectivity index (χ3v) is 9.45. The maximum Gasteiger partial charge on any atom is 0.476 e. The van der Waals surface area contributed by atoms with E-state index in [1.54, 1.807) is 26.8 Å². The summed E-state index contributed by atoms with van der Waals surface area (Å²) < 4.78 is 53.9. The van der Waals surface area contributed by atoms with Crippen molar-refractivity contribution in [3.8, 4) is 11.1 Å². The van der Waals surface area contributed by atoms with Crippen molar-refractivity contribution in [3.63, 3.8) is 0 Å². The summed E-state index contributed by atoms with van der Waals surface area (Å²) in [6.07, 6.45) is 3.87. The summed E-state index contributed by atoms with van der Waals surface area (Å²) in [5.74, 6) is -0.152. The lowest BCUT2D eigenvalue weighted by Crippen LogP contribution is -2.28. The van der Waals surface area contributed by atoms with Gasteiger partial charge in [-0.05, 0) is 50.8 Å². The number of phosphoric ester groups is 1. The number of anilines is 1. The first-order valence-corrected chi connectivity index (χ1v) is 17.5. The van der Waals surface area contributed by atoms with Gasteiger partial charge < -0.3 is 15.0 Å². The first kappa shape index (κ1) is 34.3. The predicted octanol–water partition coefficient (Wildman–Crippen LogP) is 7.95. The largest absolute Gasteiger partial charge is 0.476 e. The minimum atomic E-state index is -4.17. The number of aromatic nitrogens is 4. The van der Waals surface area contributed by atoms with Crippen molar-refractivity contribution < 1.29 is 32.1 Å². The van der Waals surface area contributed by atoms with Crippen LogP contribution in [0.2, 0.25) is 0 Å². The topological polar surface area (TPSA) is 150 Å². The molecule has 12 nitrogen and oxygen atoms in total. The molecule has 1 unspecified atom stereocenters. The SMILES string of the molecule is CCNC(=O)Nc1nc2cc(-c3cnc(C(C)(C)OP(=O)(OCc4ccccc4)OCc4ccccc4)nc3)c(F)c(C3CCCO3)c2[nH]1. The van der Waals surface area contributed by atoms with Gasteiger partial charge in [-0.3, -0.25) is 18.9 Å². The Balaban J connectivity index is 1.27.